The van der Waals surface area contributed by atoms with Gasteiger partial charge in [0.1, 0.15) is 0 Å². The van der Waals surface area contributed by atoms with Gasteiger partial charge in [-0.15, -0.1) is 0 Å². The Morgan fingerprint density at radius 2 is 1.71 bits per heavy atom. The van der Waals surface area contributed by atoms with Crippen LogP contribution < -0.4 is 11.1 Å². The Labute approximate surface area is 125 Å². The van der Waals surface area contributed by atoms with Crippen molar-refractivity contribution in [3.8, 4) is 0 Å². The fourth-order valence-corrected chi connectivity index (χ4v) is 3.00. The lowest BCUT2D eigenvalue weighted by molar-refractivity contribution is -0.124. The molecule has 3 heteroatoms. The summed E-state index contributed by atoms with van der Waals surface area (Å²) in [4.78, 5) is 12.8. The number of benzene rings is 2. The third-order valence-electron chi connectivity index (χ3n) is 4.45. The molecular formula is C18H20N2O. The molecule has 0 unspecified atom stereocenters. The van der Waals surface area contributed by atoms with Crippen molar-refractivity contribution in [2.75, 3.05) is 5.32 Å². The van der Waals surface area contributed by atoms with Crippen LogP contribution in [0, 0.1) is 0 Å². The molecule has 0 spiro atoms. The third-order valence-corrected chi connectivity index (χ3v) is 4.45. The molecule has 1 fully saturated rings. The fraction of sp³-hybridized carbons (Fsp3) is 0.278. The van der Waals surface area contributed by atoms with Crippen molar-refractivity contribution in [3.63, 3.8) is 0 Å². The van der Waals surface area contributed by atoms with E-state index in [0.29, 0.717) is 6.54 Å². The summed E-state index contributed by atoms with van der Waals surface area (Å²) in [5.74, 6) is 0.0841. The van der Waals surface area contributed by atoms with Gasteiger partial charge in [-0.05, 0) is 30.0 Å². The van der Waals surface area contributed by atoms with Gasteiger partial charge in [-0.25, -0.2) is 0 Å². The predicted molar refractivity (Wildman–Crippen MR) is 84.9 cm³/mol. The highest BCUT2D eigenvalue weighted by atomic mass is 16.2. The smallest absolute Gasteiger partial charge is 0.235 e. The lowest BCUT2D eigenvalue weighted by Gasteiger charge is -2.40. The van der Waals surface area contributed by atoms with Crippen LogP contribution in [0.5, 0.6) is 0 Å². The van der Waals surface area contributed by atoms with Crippen LogP contribution in [0.2, 0.25) is 0 Å². The Morgan fingerprint density at radius 3 is 2.33 bits per heavy atom. The summed E-state index contributed by atoms with van der Waals surface area (Å²) >= 11 is 0. The van der Waals surface area contributed by atoms with Gasteiger partial charge in [0.2, 0.25) is 5.91 Å². The molecule has 1 aliphatic carbocycles. The van der Waals surface area contributed by atoms with E-state index in [0.717, 1.165) is 36.1 Å². The number of rotatable bonds is 4. The molecule has 1 saturated carbocycles. The summed E-state index contributed by atoms with van der Waals surface area (Å²) in [5.41, 5.74) is 8.27. The Morgan fingerprint density at radius 1 is 1.05 bits per heavy atom. The van der Waals surface area contributed by atoms with Gasteiger partial charge in [0.15, 0.2) is 0 Å². The second kappa shape index (κ2) is 5.70. The Balaban J connectivity index is 1.87. The van der Waals surface area contributed by atoms with Gasteiger partial charge in [0.05, 0.1) is 5.41 Å². The first-order valence-electron chi connectivity index (χ1n) is 7.41. The molecule has 3 nitrogen and oxygen atoms in total. The van der Waals surface area contributed by atoms with Gasteiger partial charge in [0.25, 0.3) is 0 Å². The van der Waals surface area contributed by atoms with Crippen LogP contribution >= 0.6 is 0 Å². The lowest BCUT2D eigenvalue weighted by Crippen LogP contribution is -2.46. The molecule has 0 heterocycles. The van der Waals surface area contributed by atoms with E-state index in [1.807, 2.05) is 54.6 Å². The van der Waals surface area contributed by atoms with Gasteiger partial charge in [-0.2, -0.15) is 0 Å². The van der Waals surface area contributed by atoms with Crippen LogP contribution in [0.15, 0.2) is 54.6 Å². The zero-order chi connectivity index (χ0) is 14.7. The minimum absolute atomic E-state index is 0.0841. The zero-order valence-corrected chi connectivity index (χ0v) is 12.0. The Bertz CT molecular complexity index is 633. The first-order valence-corrected chi connectivity index (χ1v) is 7.41. The van der Waals surface area contributed by atoms with E-state index in [9.17, 15) is 4.79 Å². The number of hydrogen-bond donors (Lipinski definition) is 2. The van der Waals surface area contributed by atoms with E-state index in [2.05, 4.69) is 5.32 Å². The number of carbonyl (C=O) groups excluding carboxylic acids is 1. The molecular weight excluding hydrogens is 260 g/mol. The van der Waals surface area contributed by atoms with Gasteiger partial charge in [-0.1, -0.05) is 55.0 Å². The van der Waals surface area contributed by atoms with Crippen LogP contribution in [-0.4, -0.2) is 5.91 Å². The van der Waals surface area contributed by atoms with Crippen LogP contribution in [0.4, 0.5) is 5.69 Å². The quantitative estimate of drug-likeness (QED) is 0.903. The topological polar surface area (TPSA) is 55.1 Å². The van der Waals surface area contributed by atoms with E-state index in [-0.39, 0.29) is 11.3 Å². The number of hydrogen-bond acceptors (Lipinski definition) is 2. The van der Waals surface area contributed by atoms with Crippen LogP contribution in [0.1, 0.15) is 30.4 Å². The summed E-state index contributed by atoms with van der Waals surface area (Å²) in [7, 11) is 0. The predicted octanol–water partition coefficient (Wildman–Crippen LogP) is 3.21. The molecule has 0 radical (unpaired) electrons. The largest absolute Gasteiger partial charge is 0.326 e. The second-order valence-corrected chi connectivity index (χ2v) is 5.62. The molecule has 0 aliphatic heterocycles. The Hall–Kier alpha value is -2.13. The van der Waals surface area contributed by atoms with Crippen LogP contribution in [0.3, 0.4) is 0 Å². The van der Waals surface area contributed by atoms with Crippen molar-refractivity contribution in [1.29, 1.82) is 0 Å². The molecule has 3 rings (SSSR count). The third kappa shape index (κ3) is 2.45. The summed E-state index contributed by atoms with van der Waals surface area (Å²) in [6, 6.07) is 17.8. The van der Waals surface area contributed by atoms with E-state index >= 15 is 0 Å². The van der Waals surface area contributed by atoms with Crippen molar-refractivity contribution in [2.24, 2.45) is 5.73 Å². The number of nitrogens with one attached hydrogen (secondary N) is 1. The minimum atomic E-state index is -0.372. The number of carbonyl (C=O) groups is 1. The average Bonchev–Trinajstić information content (AvgIpc) is 2.48. The summed E-state index contributed by atoms with van der Waals surface area (Å²) in [5, 5.41) is 3.08. The second-order valence-electron chi connectivity index (χ2n) is 5.62. The molecule has 0 aromatic heterocycles. The van der Waals surface area contributed by atoms with Crippen LogP contribution in [-0.2, 0) is 16.8 Å². The van der Waals surface area contributed by atoms with E-state index < -0.39 is 0 Å². The van der Waals surface area contributed by atoms with E-state index in [4.69, 9.17) is 5.73 Å². The fourth-order valence-electron chi connectivity index (χ4n) is 3.00. The van der Waals surface area contributed by atoms with Gasteiger partial charge >= 0.3 is 0 Å². The molecule has 21 heavy (non-hydrogen) atoms. The summed E-state index contributed by atoms with van der Waals surface area (Å²) in [6.07, 6.45) is 2.92. The molecule has 0 saturated heterocycles. The molecule has 0 atom stereocenters. The molecule has 0 bridgehead atoms. The molecule has 3 N–H and O–H groups in total. The van der Waals surface area contributed by atoms with Gasteiger partial charge < -0.3 is 11.1 Å². The molecule has 1 aliphatic rings. The van der Waals surface area contributed by atoms with Crippen molar-refractivity contribution in [2.45, 2.75) is 31.2 Å². The highest BCUT2D eigenvalue weighted by Crippen LogP contribution is 2.44. The maximum absolute atomic E-state index is 12.8. The maximum Gasteiger partial charge on any atom is 0.235 e. The number of anilines is 1. The monoisotopic (exact) mass is 280 g/mol. The highest BCUT2D eigenvalue weighted by Gasteiger charge is 2.45. The normalized spacial score (nSPS) is 16.0. The van der Waals surface area contributed by atoms with Gasteiger partial charge in [0, 0.05) is 12.2 Å². The minimum Gasteiger partial charge on any atom is -0.326 e. The SMILES string of the molecule is NCc1ccccc1NC(=O)C1(c2ccccc2)CCC1. The first kappa shape index (κ1) is 13.8. The molecule has 2 aromatic rings. The zero-order valence-electron chi connectivity index (χ0n) is 12.0. The van der Waals surface area contributed by atoms with Crippen LogP contribution in [0.25, 0.3) is 0 Å². The first-order chi connectivity index (χ1) is 10.3. The van der Waals surface area contributed by atoms with E-state index in [1.54, 1.807) is 0 Å². The number of nitrogens with two attached hydrogens (primary N) is 1. The standard InChI is InChI=1S/C18H20N2O/c19-13-14-7-4-5-10-16(14)20-17(21)18(11-6-12-18)15-8-2-1-3-9-15/h1-5,7-10H,6,11-13,19H2,(H,20,21). The highest BCUT2D eigenvalue weighted by molar-refractivity contribution is 6.00. The van der Waals surface area contributed by atoms with Gasteiger partial charge in [-0.3, -0.25) is 4.79 Å². The van der Waals surface area contributed by atoms with Crippen molar-refractivity contribution >= 4 is 11.6 Å². The average molecular weight is 280 g/mol. The Kier molecular flexibility index (Phi) is 3.76. The van der Waals surface area contributed by atoms with E-state index in [1.165, 1.54) is 0 Å². The maximum atomic E-state index is 12.8. The van der Waals surface area contributed by atoms with Crippen molar-refractivity contribution < 1.29 is 4.79 Å². The van der Waals surface area contributed by atoms with Crippen molar-refractivity contribution in [3.05, 3.63) is 65.7 Å². The van der Waals surface area contributed by atoms with Crippen molar-refractivity contribution in [1.82, 2.24) is 0 Å². The lowest BCUT2D eigenvalue weighted by atomic mass is 9.64. The molecule has 108 valence electrons. The molecule has 2 aromatic carbocycles. The number of para-hydroxylation sites is 1. The molecule has 1 amide bonds. The summed E-state index contributed by atoms with van der Waals surface area (Å²) < 4.78 is 0. The number of amides is 1. The summed E-state index contributed by atoms with van der Waals surface area (Å²) in [6.45, 7) is 0.425.